The minimum atomic E-state index is -0.368. The zero-order chi connectivity index (χ0) is 15.9. The highest BCUT2D eigenvalue weighted by atomic mass is 16.5. The molecule has 0 N–H and O–H groups in total. The van der Waals surface area contributed by atoms with Gasteiger partial charge in [-0.2, -0.15) is 0 Å². The first-order valence-electron chi connectivity index (χ1n) is 8.26. The largest absolute Gasteiger partial charge is 0.462 e. The van der Waals surface area contributed by atoms with Crippen LogP contribution in [0.4, 0.5) is 5.69 Å². The molecule has 1 aromatic carbocycles. The molecule has 2 rings (SSSR count). The Morgan fingerprint density at radius 2 is 1.82 bits per heavy atom. The molecule has 0 aliphatic heterocycles. The van der Waals surface area contributed by atoms with Crippen molar-refractivity contribution in [1.82, 2.24) is 0 Å². The topological polar surface area (TPSA) is 46.6 Å². The van der Waals surface area contributed by atoms with Crippen molar-refractivity contribution in [1.29, 1.82) is 0 Å². The Balaban J connectivity index is 2.26. The molecule has 0 atom stereocenters. The Kier molecular flexibility index (Phi) is 5.99. The molecule has 0 unspecified atom stereocenters. The smallest absolute Gasteiger partial charge is 0.340 e. The molecule has 0 bridgehead atoms. The number of amides is 1. The van der Waals surface area contributed by atoms with Crippen LogP contribution in [0.15, 0.2) is 24.3 Å². The highest BCUT2D eigenvalue weighted by molar-refractivity contribution is 6.03. The maximum absolute atomic E-state index is 12.8. The summed E-state index contributed by atoms with van der Waals surface area (Å²) in [6, 6.07) is 7.21. The lowest BCUT2D eigenvalue weighted by Crippen LogP contribution is -2.38. The van der Waals surface area contributed by atoms with Crippen LogP contribution in [0.5, 0.6) is 0 Å². The molecule has 1 amide bonds. The summed E-state index contributed by atoms with van der Waals surface area (Å²) in [6.45, 7) is 4.62. The number of nitrogens with zero attached hydrogens (tertiary/aromatic N) is 1. The summed E-state index contributed by atoms with van der Waals surface area (Å²) in [4.78, 5) is 26.7. The van der Waals surface area contributed by atoms with Crippen LogP contribution in [0.2, 0.25) is 0 Å². The fourth-order valence-corrected chi connectivity index (χ4v) is 3.11. The van der Waals surface area contributed by atoms with E-state index in [0.29, 0.717) is 24.4 Å². The highest BCUT2D eigenvalue weighted by Gasteiger charge is 2.28. The van der Waals surface area contributed by atoms with Crippen LogP contribution < -0.4 is 4.90 Å². The van der Waals surface area contributed by atoms with E-state index in [0.717, 1.165) is 25.7 Å². The number of carbonyl (C=O) groups is 2. The second-order valence-corrected chi connectivity index (χ2v) is 5.66. The molecular weight excluding hydrogens is 278 g/mol. The molecule has 120 valence electrons. The van der Waals surface area contributed by atoms with E-state index in [-0.39, 0.29) is 17.8 Å². The van der Waals surface area contributed by atoms with Crippen LogP contribution in [-0.2, 0) is 9.53 Å². The Morgan fingerprint density at radius 3 is 2.45 bits per heavy atom. The number of hydrogen-bond donors (Lipinski definition) is 0. The van der Waals surface area contributed by atoms with Gasteiger partial charge in [0, 0.05) is 12.5 Å². The number of carbonyl (C=O) groups excluding carboxylic acids is 2. The van der Waals surface area contributed by atoms with Crippen molar-refractivity contribution in [2.24, 2.45) is 5.92 Å². The van der Waals surface area contributed by atoms with Crippen LogP contribution in [-0.4, -0.2) is 25.0 Å². The number of ether oxygens (including phenoxy) is 1. The van der Waals surface area contributed by atoms with Gasteiger partial charge in [0.25, 0.3) is 0 Å². The second-order valence-electron chi connectivity index (χ2n) is 5.66. The number of anilines is 1. The van der Waals surface area contributed by atoms with Crippen LogP contribution >= 0.6 is 0 Å². The molecule has 22 heavy (non-hydrogen) atoms. The SMILES string of the molecule is CCOC(=O)c1ccccc1N(CC)C(=O)C1CCCCC1. The molecule has 1 aromatic rings. The van der Waals surface area contributed by atoms with E-state index in [1.807, 2.05) is 19.1 Å². The molecule has 4 heteroatoms. The predicted octanol–water partition coefficient (Wildman–Crippen LogP) is 3.80. The van der Waals surface area contributed by atoms with Crippen LogP contribution in [0.3, 0.4) is 0 Å². The lowest BCUT2D eigenvalue weighted by atomic mass is 9.88. The predicted molar refractivity (Wildman–Crippen MR) is 87.0 cm³/mol. The number of para-hydroxylation sites is 1. The average Bonchev–Trinajstić information content (AvgIpc) is 2.57. The van der Waals surface area contributed by atoms with E-state index in [4.69, 9.17) is 4.74 Å². The Morgan fingerprint density at radius 1 is 1.14 bits per heavy atom. The van der Waals surface area contributed by atoms with E-state index < -0.39 is 0 Å². The monoisotopic (exact) mass is 303 g/mol. The van der Waals surface area contributed by atoms with Gasteiger partial charge in [-0.05, 0) is 38.8 Å². The van der Waals surface area contributed by atoms with Gasteiger partial charge < -0.3 is 9.64 Å². The maximum Gasteiger partial charge on any atom is 0.340 e. The van der Waals surface area contributed by atoms with Gasteiger partial charge in [-0.1, -0.05) is 31.4 Å². The minimum Gasteiger partial charge on any atom is -0.462 e. The Labute approximate surface area is 132 Å². The number of rotatable bonds is 5. The average molecular weight is 303 g/mol. The third kappa shape index (κ3) is 3.67. The van der Waals surface area contributed by atoms with Crippen LogP contribution in [0.1, 0.15) is 56.3 Å². The van der Waals surface area contributed by atoms with Crippen molar-refractivity contribution in [2.45, 2.75) is 46.0 Å². The van der Waals surface area contributed by atoms with Crippen molar-refractivity contribution in [3.8, 4) is 0 Å². The molecule has 1 fully saturated rings. The van der Waals surface area contributed by atoms with E-state index in [1.54, 1.807) is 24.0 Å². The summed E-state index contributed by atoms with van der Waals surface area (Å²) in [5.74, 6) is -0.143. The van der Waals surface area contributed by atoms with Gasteiger partial charge in [0.15, 0.2) is 0 Å². The third-order valence-electron chi connectivity index (χ3n) is 4.23. The zero-order valence-corrected chi connectivity index (χ0v) is 13.5. The molecular formula is C18H25NO3. The van der Waals surface area contributed by atoms with Gasteiger partial charge in [0.2, 0.25) is 5.91 Å². The summed E-state index contributed by atoms with van der Waals surface area (Å²) in [5.41, 5.74) is 1.13. The Bertz CT molecular complexity index is 521. The van der Waals surface area contributed by atoms with Gasteiger partial charge >= 0.3 is 5.97 Å². The van der Waals surface area contributed by atoms with E-state index in [2.05, 4.69) is 0 Å². The van der Waals surface area contributed by atoms with Crippen molar-refractivity contribution < 1.29 is 14.3 Å². The van der Waals surface area contributed by atoms with Gasteiger partial charge in [0.05, 0.1) is 17.9 Å². The normalized spacial score (nSPS) is 15.4. The van der Waals surface area contributed by atoms with Gasteiger partial charge in [-0.3, -0.25) is 4.79 Å². The highest BCUT2D eigenvalue weighted by Crippen LogP contribution is 2.29. The molecule has 1 aliphatic rings. The summed E-state index contributed by atoms with van der Waals surface area (Å²) in [6.07, 6.45) is 5.37. The van der Waals surface area contributed by atoms with Gasteiger partial charge in [-0.15, -0.1) is 0 Å². The minimum absolute atomic E-state index is 0.0870. The number of benzene rings is 1. The first kappa shape index (κ1) is 16.5. The Hall–Kier alpha value is -1.84. The zero-order valence-electron chi connectivity index (χ0n) is 13.5. The third-order valence-corrected chi connectivity index (χ3v) is 4.23. The van der Waals surface area contributed by atoms with Gasteiger partial charge in [0.1, 0.15) is 0 Å². The molecule has 0 heterocycles. The summed E-state index contributed by atoms with van der Waals surface area (Å²) >= 11 is 0. The van der Waals surface area contributed by atoms with E-state index in [1.165, 1.54) is 6.42 Å². The molecule has 0 saturated heterocycles. The first-order chi connectivity index (χ1) is 10.7. The van der Waals surface area contributed by atoms with Crippen molar-refractivity contribution in [3.05, 3.63) is 29.8 Å². The fourth-order valence-electron chi connectivity index (χ4n) is 3.11. The lowest BCUT2D eigenvalue weighted by molar-refractivity contribution is -0.123. The van der Waals surface area contributed by atoms with Crippen LogP contribution in [0, 0.1) is 5.92 Å². The van der Waals surface area contributed by atoms with Crippen LogP contribution in [0.25, 0.3) is 0 Å². The standard InChI is InChI=1S/C18H25NO3/c1-3-19(17(20)14-10-6-5-7-11-14)16-13-9-8-12-15(16)18(21)22-4-2/h8-9,12-14H,3-7,10-11H2,1-2H3. The molecule has 1 aliphatic carbocycles. The second kappa shape index (κ2) is 7.97. The number of hydrogen-bond acceptors (Lipinski definition) is 3. The van der Waals surface area contributed by atoms with Crippen molar-refractivity contribution >= 4 is 17.6 Å². The number of esters is 1. The first-order valence-corrected chi connectivity index (χ1v) is 8.26. The molecule has 0 aromatic heterocycles. The molecule has 1 saturated carbocycles. The van der Waals surface area contributed by atoms with E-state index >= 15 is 0 Å². The maximum atomic E-state index is 12.8. The molecule has 4 nitrogen and oxygen atoms in total. The van der Waals surface area contributed by atoms with Crippen molar-refractivity contribution in [2.75, 3.05) is 18.1 Å². The fraction of sp³-hybridized carbons (Fsp3) is 0.556. The lowest BCUT2D eigenvalue weighted by Gasteiger charge is -2.29. The van der Waals surface area contributed by atoms with Gasteiger partial charge in [-0.25, -0.2) is 4.79 Å². The molecule has 0 spiro atoms. The summed E-state index contributed by atoms with van der Waals surface area (Å²) < 4.78 is 5.11. The summed E-state index contributed by atoms with van der Waals surface area (Å²) in [5, 5.41) is 0. The quantitative estimate of drug-likeness (QED) is 0.777. The molecule has 0 radical (unpaired) electrons. The van der Waals surface area contributed by atoms with E-state index in [9.17, 15) is 9.59 Å². The van der Waals surface area contributed by atoms with Crippen molar-refractivity contribution in [3.63, 3.8) is 0 Å². The summed E-state index contributed by atoms with van der Waals surface area (Å²) in [7, 11) is 0.